The molecule has 6 heteroatoms. The van der Waals surface area contributed by atoms with E-state index < -0.39 is 29.1 Å². The van der Waals surface area contributed by atoms with Crippen LogP contribution in [0.4, 0.5) is 0 Å². The van der Waals surface area contributed by atoms with Crippen molar-refractivity contribution < 1.29 is 24.2 Å². The summed E-state index contributed by atoms with van der Waals surface area (Å²) in [5.74, 6) is -1.42. The van der Waals surface area contributed by atoms with Gasteiger partial charge in [-0.25, -0.2) is 4.79 Å². The molecule has 2 saturated heterocycles. The summed E-state index contributed by atoms with van der Waals surface area (Å²) in [4.78, 5) is 27.2. The van der Waals surface area contributed by atoms with Gasteiger partial charge in [0.2, 0.25) is 5.91 Å². The minimum Gasteiger partial charge on any atom is -0.467 e. The average Bonchev–Trinajstić information content (AvgIpc) is 2.96. The number of likely N-dealkylation sites (N-methyl/N-ethyl adjacent to an activating group) is 1. The fourth-order valence-electron chi connectivity index (χ4n) is 5.06. The Balaban J connectivity index is 2.14. The molecule has 0 spiro atoms. The quantitative estimate of drug-likeness (QED) is 0.620. The molecule has 3 aliphatic rings. The van der Waals surface area contributed by atoms with Gasteiger partial charge >= 0.3 is 5.97 Å². The van der Waals surface area contributed by atoms with Crippen LogP contribution in [0.5, 0.6) is 0 Å². The first-order valence-corrected chi connectivity index (χ1v) is 8.69. The third-order valence-electron chi connectivity index (χ3n) is 6.21. The van der Waals surface area contributed by atoms with Gasteiger partial charge in [0, 0.05) is 13.0 Å². The molecule has 0 aromatic rings. The molecule has 134 valence electrons. The number of hydrogen-bond acceptors (Lipinski definition) is 5. The lowest BCUT2D eigenvalue weighted by atomic mass is 9.68. The smallest absolute Gasteiger partial charge is 0.337 e. The zero-order chi connectivity index (χ0) is 17.7. The van der Waals surface area contributed by atoms with E-state index in [1.54, 1.807) is 14.0 Å². The molecule has 2 aliphatic heterocycles. The maximum absolute atomic E-state index is 13.0. The molecular formula is C18H27NO5. The average molecular weight is 337 g/mol. The van der Waals surface area contributed by atoms with E-state index in [1.807, 2.05) is 19.1 Å². The highest BCUT2D eigenvalue weighted by molar-refractivity contribution is 5.97. The topological polar surface area (TPSA) is 76.1 Å². The lowest BCUT2D eigenvalue weighted by molar-refractivity contribution is -0.194. The van der Waals surface area contributed by atoms with Gasteiger partial charge in [0.25, 0.3) is 0 Å². The zero-order valence-electron chi connectivity index (χ0n) is 14.8. The van der Waals surface area contributed by atoms with E-state index in [2.05, 4.69) is 0 Å². The Morgan fingerprint density at radius 3 is 2.83 bits per heavy atom. The van der Waals surface area contributed by atoms with Crippen molar-refractivity contribution in [1.82, 2.24) is 4.90 Å². The summed E-state index contributed by atoms with van der Waals surface area (Å²) in [6.07, 6.45) is 6.00. The van der Waals surface area contributed by atoms with Gasteiger partial charge in [-0.05, 0) is 39.5 Å². The van der Waals surface area contributed by atoms with E-state index in [4.69, 9.17) is 9.47 Å². The van der Waals surface area contributed by atoms with Crippen LogP contribution in [0, 0.1) is 11.8 Å². The van der Waals surface area contributed by atoms with Crippen LogP contribution in [0.25, 0.3) is 0 Å². The third-order valence-corrected chi connectivity index (χ3v) is 6.21. The van der Waals surface area contributed by atoms with Crippen LogP contribution in [-0.4, -0.2) is 59.4 Å². The van der Waals surface area contributed by atoms with E-state index in [-0.39, 0.29) is 17.9 Å². The van der Waals surface area contributed by atoms with Crippen LogP contribution in [0.2, 0.25) is 0 Å². The van der Waals surface area contributed by atoms with Crippen molar-refractivity contribution in [3.63, 3.8) is 0 Å². The molecule has 6 nitrogen and oxygen atoms in total. The molecule has 1 amide bonds. The number of hydrogen-bond donors (Lipinski definition) is 1. The molecule has 1 N–H and O–H groups in total. The minimum absolute atomic E-state index is 0.143. The van der Waals surface area contributed by atoms with Crippen molar-refractivity contribution in [3.8, 4) is 0 Å². The lowest BCUT2D eigenvalue weighted by Crippen LogP contribution is -2.70. The van der Waals surface area contributed by atoms with Gasteiger partial charge < -0.3 is 19.5 Å². The molecule has 2 fully saturated rings. The first kappa shape index (κ1) is 17.4. The molecule has 0 bridgehead atoms. The highest BCUT2D eigenvalue weighted by Gasteiger charge is 2.76. The van der Waals surface area contributed by atoms with Crippen molar-refractivity contribution in [2.75, 3.05) is 14.2 Å². The third kappa shape index (κ3) is 2.02. The minimum atomic E-state index is -1.53. The predicted molar refractivity (Wildman–Crippen MR) is 87.1 cm³/mol. The van der Waals surface area contributed by atoms with E-state index in [0.29, 0.717) is 6.42 Å². The standard InChI is InChI=1S/C18H27NO5/c1-11-10-13-15(21)19(3)18(16(22)23-4,17(13,2)24-11)14(20)12-8-6-5-7-9-12/h6,8,11-14,20H,5,7,9-10H2,1-4H3/t11?,12-,13+,14?,17+,18+/m1/s1. The summed E-state index contributed by atoms with van der Waals surface area (Å²) >= 11 is 0. The van der Waals surface area contributed by atoms with Crippen LogP contribution < -0.4 is 0 Å². The summed E-state index contributed by atoms with van der Waals surface area (Å²) in [7, 11) is 2.87. The van der Waals surface area contributed by atoms with Crippen LogP contribution in [0.3, 0.4) is 0 Å². The second kappa shape index (κ2) is 5.85. The number of esters is 1. The Labute approximate surface area is 142 Å². The number of amides is 1. The molecule has 2 unspecified atom stereocenters. The van der Waals surface area contributed by atoms with Gasteiger partial charge in [-0.3, -0.25) is 4.79 Å². The van der Waals surface area contributed by atoms with Crippen LogP contribution in [-0.2, 0) is 19.1 Å². The van der Waals surface area contributed by atoms with Crippen LogP contribution in [0.1, 0.15) is 39.5 Å². The van der Waals surface area contributed by atoms with Gasteiger partial charge in [0.15, 0.2) is 5.54 Å². The van der Waals surface area contributed by atoms with Crippen LogP contribution >= 0.6 is 0 Å². The first-order valence-electron chi connectivity index (χ1n) is 8.69. The molecule has 0 aromatic carbocycles. The Morgan fingerprint density at radius 1 is 1.54 bits per heavy atom. The van der Waals surface area contributed by atoms with Gasteiger partial charge in [-0.1, -0.05) is 12.2 Å². The highest BCUT2D eigenvalue weighted by Crippen LogP contribution is 2.55. The van der Waals surface area contributed by atoms with E-state index >= 15 is 0 Å². The number of likely N-dealkylation sites (tertiary alicyclic amines) is 1. The second-order valence-electron chi connectivity index (χ2n) is 7.45. The number of fused-ring (bicyclic) bond motifs is 1. The fourth-order valence-corrected chi connectivity index (χ4v) is 5.06. The number of aliphatic hydroxyl groups is 1. The number of rotatable bonds is 3. The maximum atomic E-state index is 13.0. The Bertz CT molecular complexity index is 576. The van der Waals surface area contributed by atoms with E-state index in [0.717, 1.165) is 19.3 Å². The van der Waals surface area contributed by atoms with Crippen molar-refractivity contribution in [2.24, 2.45) is 11.8 Å². The SMILES string of the molecule is COC(=O)[C@]1(C(O)[C@@H]2C=CCCC2)N(C)C(=O)[C@@H]2CC(C)O[C@@]21C. The molecular weight excluding hydrogens is 310 g/mol. The number of aliphatic hydroxyl groups excluding tert-OH is 1. The number of nitrogens with zero attached hydrogens (tertiary/aromatic N) is 1. The molecule has 6 atom stereocenters. The summed E-state index contributed by atoms with van der Waals surface area (Å²) in [5, 5.41) is 11.3. The van der Waals surface area contributed by atoms with Crippen molar-refractivity contribution >= 4 is 11.9 Å². The normalized spacial score (nSPS) is 43.0. The number of carbonyl (C=O) groups is 2. The van der Waals surface area contributed by atoms with Crippen molar-refractivity contribution in [1.29, 1.82) is 0 Å². The largest absolute Gasteiger partial charge is 0.467 e. The molecule has 2 heterocycles. The molecule has 24 heavy (non-hydrogen) atoms. The van der Waals surface area contributed by atoms with E-state index in [1.165, 1.54) is 12.0 Å². The number of allylic oxidation sites excluding steroid dienone is 1. The van der Waals surface area contributed by atoms with Crippen molar-refractivity contribution in [3.05, 3.63) is 12.2 Å². The summed E-state index contributed by atoms with van der Waals surface area (Å²) in [6.45, 7) is 3.67. The fraction of sp³-hybridized carbons (Fsp3) is 0.778. The lowest BCUT2D eigenvalue weighted by Gasteiger charge is -2.48. The van der Waals surface area contributed by atoms with E-state index in [9.17, 15) is 14.7 Å². The van der Waals surface area contributed by atoms with Gasteiger partial charge in [0.1, 0.15) is 5.60 Å². The highest BCUT2D eigenvalue weighted by atomic mass is 16.5. The molecule has 3 rings (SSSR count). The predicted octanol–water partition coefficient (Wildman–Crippen LogP) is 1.27. The zero-order valence-corrected chi connectivity index (χ0v) is 14.8. The maximum Gasteiger partial charge on any atom is 0.337 e. The molecule has 1 aliphatic carbocycles. The first-order chi connectivity index (χ1) is 11.3. The Hall–Kier alpha value is -1.40. The monoisotopic (exact) mass is 337 g/mol. The van der Waals surface area contributed by atoms with Gasteiger partial charge in [-0.2, -0.15) is 0 Å². The summed E-state index contributed by atoms with van der Waals surface area (Å²) in [6, 6.07) is 0. The van der Waals surface area contributed by atoms with Gasteiger partial charge in [-0.15, -0.1) is 0 Å². The van der Waals surface area contributed by atoms with Gasteiger partial charge in [0.05, 0.1) is 25.2 Å². The summed E-state index contributed by atoms with van der Waals surface area (Å²) < 4.78 is 11.2. The Morgan fingerprint density at radius 2 is 2.25 bits per heavy atom. The Kier molecular flexibility index (Phi) is 4.24. The number of carbonyl (C=O) groups excluding carboxylic acids is 2. The second-order valence-corrected chi connectivity index (χ2v) is 7.45. The summed E-state index contributed by atoms with van der Waals surface area (Å²) in [5.41, 5.74) is -2.63. The molecule has 0 aromatic heterocycles. The number of ether oxygens (including phenoxy) is 2. The van der Waals surface area contributed by atoms with Crippen LogP contribution in [0.15, 0.2) is 12.2 Å². The number of methoxy groups -OCH3 is 1. The molecule has 0 saturated carbocycles. The molecule has 0 radical (unpaired) electrons. The van der Waals surface area contributed by atoms with Crippen molar-refractivity contribution in [2.45, 2.75) is 62.9 Å².